The maximum absolute atomic E-state index is 12.1. The molecule has 0 radical (unpaired) electrons. The molecule has 0 aliphatic heterocycles. The quantitative estimate of drug-likeness (QED) is 0.666. The van der Waals surface area contributed by atoms with Crippen molar-refractivity contribution < 1.29 is 22.6 Å². The number of nitrogen functional groups attached to an aromatic ring is 1. The van der Waals surface area contributed by atoms with E-state index in [9.17, 15) is 8.42 Å². The topological polar surface area (TPSA) is 99.9 Å². The summed E-state index contributed by atoms with van der Waals surface area (Å²) in [6.45, 7) is 0.384. The van der Waals surface area contributed by atoms with Gasteiger partial charge < -0.3 is 19.9 Å². The number of anilines is 1. The van der Waals surface area contributed by atoms with Crippen molar-refractivity contribution in [2.24, 2.45) is 0 Å². The number of ether oxygens (including phenoxy) is 3. The Kier molecular flexibility index (Phi) is 6.21. The fourth-order valence-corrected chi connectivity index (χ4v) is 2.75. The summed E-state index contributed by atoms with van der Waals surface area (Å²) in [5.74, 6) is 0.496. The van der Waals surface area contributed by atoms with E-state index in [0.29, 0.717) is 5.75 Å². The van der Waals surface area contributed by atoms with Crippen molar-refractivity contribution in [1.29, 1.82) is 0 Å². The van der Waals surface area contributed by atoms with Gasteiger partial charge in [0.2, 0.25) is 10.0 Å². The van der Waals surface area contributed by atoms with Gasteiger partial charge in [0, 0.05) is 26.8 Å². The van der Waals surface area contributed by atoms with Crippen molar-refractivity contribution in [2.75, 3.05) is 40.2 Å². The first-order valence-corrected chi connectivity index (χ1v) is 7.37. The molecular weight excluding hydrogens is 284 g/mol. The van der Waals surface area contributed by atoms with Gasteiger partial charge in [0.15, 0.2) is 0 Å². The van der Waals surface area contributed by atoms with Crippen LogP contribution in [0.5, 0.6) is 5.75 Å². The molecule has 1 aromatic rings. The van der Waals surface area contributed by atoms with Crippen molar-refractivity contribution in [3.8, 4) is 5.75 Å². The Morgan fingerprint density at radius 3 is 2.50 bits per heavy atom. The first-order chi connectivity index (χ1) is 9.44. The van der Waals surface area contributed by atoms with E-state index in [4.69, 9.17) is 19.9 Å². The average molecular weight is 304 g/mol. The van der Waals surface area contributed by atoms with Crippen LogP contribution in [0.2, 0.25) is 0 Å². The summed E-state index contributed by atoms with van der Waals surface area (Å²) in [6.07, 6.45) is -0.366. The fourth-order valence-electron chi connectivity index (χ4n) is 1.57. The summed E-state index contributed by atoms with van der Waals surface area (Å²) in [5.41, 5.74) is 5.85. The second kappa shape index (κ2) is 7.44. The molecule has 0 spiro atoms. The Balaban J connectivity index is 2.83. The van der Waals surface area contributed by atoms with Gasteiger partial charge in [-0.15, -0.1) is 0 Å². The van der Waals surface area contributed by atoms with Crippen molar-refractivity contribution in [2.45, 2.75) is 11.0 Å². The third kappa shape index (κ3) is 4.34. The average Bonchev–Trinajstić information content (AvgIpc) is 2.42. The minimum atomic E-state index is -3.71. The molecule has 0 saturated carbocycles. The van der Waals surface area contributed by atoms with E-state index in [-0.39, 0.29) is 29.8 Å². The molecule has 0 amide bonds. The summed E-state index contributed by atoms with van der Waals surface area (Å²) in [7, 11) is 0.777. The Bertz CT molecular complexity index is 533. The summed E-state index contributed by atoms with van der Waals surface area (Å²) >= 11 is 0. The molecule has 0 fully saturated rings. The second-order valence-corrected chi connectivity index (χ2v) is 5.80. The van der Waals surface area contributed by atoms with E-state index < -0.39 is 10.0 Å². The number of benzene rings is 1. The van der Waals surface area contributed by atoms with Gasteiger partial charge in [-0.2, -0.15) is 0 Å². The number of hydrogen-bond acceptors (Lipinski definition) is 6. The van der Waals surface area contributed by atoms with Gasteiger partial charge in [-0.3, -0.25) is 0 Å². The third-order valence-corrected chi connectivity index (χ3v) is 4.19. The lowest BCUT2D eigenvalue weighted by Gasteiger charge is -2.16. The number of hydrogen-bond donors (Lipinski definition) is 2. The highest BCUT2D eigenvalue weighted by atomic mass is 32.2. The molecule has 0 saturated heterocycles. The first-order valence-electron chi connectivity index (χ1n) is 5.89. The molecule has 3 N–H and O–H groups in total. The predicted octanol–water partition coefficient (Wildman–Crippen LogP) is 0.217. The van der Waals surface area contributed by atoms with Gasteiger partial charge in [0.1, 0.15) is 10.6 Å². The van der Waals surface area contributed by atoms with Crippen molar-refractivity contribution in [1.82, 2.24) is 4.72 Å². The van der Waals surface area contributed by atoms with Crippen molar-refractivity contribution in [3.05, 3.63) is 18.2 Å². The van der Waals surface area contributed by atoms with Crippen LogP contribution in [-0.4, -0.2) is 49.0 Å². The maximum atomic E-state index is 12.1. The highest BCUT2D eigenvalue weighted by Crippen LogP contribution is 2.23. The lowest BCUT2D eigenvalue weighted by molar-refractivity contribution is 0.0320. The molecule has 1 atom stereocenters. The second-order valence-electron chi connectivity index (χ2n) is 4.07. The van der Waals surface area contributed by atoms with Crippen LogP contribution in [-0.2, 0) is 19.5 Å². The molecule has 1 unspecified atom stereocenters. The van der Waals surface area contributed by atoms with Crippen molar-refractivity contribution in [3.63, 3.8) is 0 Å². The molecule has 0 heterocycles. The predicted molar refractivity (Wildman–Crippen MR) is 75.3 cm³/mol. The minimum Gasteiger partial charge on any atom is -0.497 e. The fraction of sp³-hybridized carbons (Fsp3) is 0.500. The molecule has 7 nitrogen and oxygen atoms in total. The van der Waals surface area contributed by atoms with E-state index in [2.05, 4.69) is 4.72 Å². The molecular formula is C12H20N2O5S. The Morgan fingerprint density at radius 2 is 2.00 bits per heavy atom. The van der Waals surface area contributed by atoms with Gasteiger partial charge in [0.25, 0.3) is 0 Å². The SMILES string of the molecule is COCC(CNS(=O)(=O)c1ccc(OC)cc1N)OC. The van der Waals surface area contributed by atoms with E-state index in [1.54, 1.807) is 0 Å². The highest BCUT2D eigenvalue weighted by molar-refractivity contribution is 7.89. The lowest BCUT2D eigenvalue weighted by atomic mass is 10.3. The van der Waals surface area contributed by atoms with Crippen LogP contribution in [0, 0.1) is 0 Å². The van der Waals surface area contributed by atoms with Crippen LogP contribution < -0.4 is 15.2 Å². The zero-order chi connectivity index (χ0) is 15.2. The molecule has 1 rings (SSSR count). The molecule has 0 bridgehead atoms. The van der Waals surface area contributed by atoms with Crippen LogP contribution in [0.3, 0.4) is 0 Å². The van der Waals surface area contributed by atoms with Crippen LogP contribution in [0.25, 0.3) is 0 Å². The summed E-state index contributed by atoms with van der Waals surface area (Å²) in [5, 5.41) is 0. The van der Waals surface area contributed by atoms with Crippen molar-refractivity contribution >= 4 is 15.7 Å². The normalized spacial score (nSPS) is 13.2. The summed E-state index contributed by atoms with van der Waals surface area (Å²) < 4.78 is 41.7. The monoisotopic (exact) mass is 304 g/mol. The number of methoxy groups -OCH3 is 3. The molecule has 0 aliphatic rings. The molecule has 0 aromatic heterocycles. The first kappa shape index (κ1) is 16.7. The van der Waals surface area contributed by atoms with Gasteiger partial charge in [-0.05, 0) is 12.1 Å². The third-order valence-electron chi connectivity index (χ3n) is 2.69. The van der Waals surface area contributed by atoms with E-state index in [1.807, 2.05) is 0 Å². The molecule has 114 valence electrons. The van der Waals surface area contributed by atoms with Crippen LogP contribution in [0.4, 0.5) is 5.69 Å². The van der Waals surface area contributed by atoms with Crippen LogP contribution >= 0.6 is 0 Å². The minimum absolute atomic E-state index is 0.00516. The zero-order valence-electron chi connectivity index (χ0n) is 11.8. The number of nitrogens with one attached hydrogen (secondary N) is 1. The number of nitrogens with two attached hydrogens (primary N) is 1. The van der Waals surface area contributed by atoms with E-state index in [1.165, 1.54) is 39.5 Å². The Morgan fingerprint density at radius 1 is 1.30 bits per heavy atom. The lowest BCUT2D eigenvalue weighted by Crippen LogP contribution is -2.35. The van der Waals surface area contributed by atoms with Gasteiger partial charge in [-0.25, -0.2) is 13.1 Å². The zero-order valence-corrected chi connectivity index (χ0v) is 12.6. The Hall–Kier alpha value is -1.35. The smallest absolute Gasteiger partial charge is 0.242 e. The van der Waals surface area contributed by atoms with E-state index in [0.717, 1.165) is 0 Å². The molecule has 8 heteroatoms. The molecule has 1 aromatic carbocycles. The van der Waals surface area contributed by atoms with E-state index >= 15 is 0 Å². The maximum Gasteiger partial charge on any atom is 0.242 e. The number of rotatable bonds is 8. The van der Waals surface area contributed by atoms with Gasteiger partial charge >= 0.3 is 0 Å². The summed E-state index contributed by atoms with van der Waals surface area (Å²) in [6, 6.07) is 4.39. The van der Waals surface area contributed by atoms with Crippen LogP contribution in [0.1, 0.15) is 0 Å². The molecule has 20 heavy (non-hydrogen) atoms. The highest BCUT2D eigenvalue weighted by Gasteiger charge is 2.19. The Labute approximate surface area is 119 Å². The largest absolute Gasteiger partial charge is 0.497 e. The van der Waals surface area contributed by atoms with Crippen LogP contribution in [0.15, 0.2) is 23.1 Å². The van der Waals surface area contributed by atoms with Gasteiger partial charge in [-0.1, -0.05) is 0 Å². The summed E-state index contributed by atoms with van der Waals surface area (Å²) in [4.78, 5) is 0.00516. The molecule has 0 aliphatic carbocycles. The number of sulfonamides is 1. The van der Waals surface area contributed by atoms with Gasteiger partial charge in [0.05, 0.1) is 25.5 Å². The standard InChI is InChI=1S/C12H20N2O5S/c1-17-8-10(19-3)7-14-20(15,16)12-5-4-9(18-2)6-11(12)13/h4-6,10,14H,7-8,13H2,1-3H3.